The fraction of sp³-hybridized carbons (Fsp3) is 0.444. The Kier molecular flexibility index (Phi) is 10.3. The summed E-state index contributed by atoms with van der Waals surface area (Å²) in [6.45, 7) is 8.83. The van der Waals surface area contributed by atoms with Gasteiger partial charge in [0.15, 0.2) is 0 Å². The van der Waals surface area contributed by atoms with E-state index < -0.39 is 11.3 Å². The van der Waals surface area contributed by atoms with Crippen LogP contribution in [0.5, 0.6) is 0 Å². The van der Waals surface area contributed by atoms with Crippen molar-refractivity contribution < 1.29 is 14.8 Å². The molecule has 0 saturated carbocycles. The quantitative estimate of drug-likeness (QED) is 0.185. The van der Waals surface area contributed by atoms with Crippen molar-refractivity contribution in [1.29, 1.82) is 0 Å². The number of anilines is 1. The lowest BCUT2D eigenvalue weighted by molar-refractivity contribution is -0.124. The Morgan fingerprint density at radius 3 is 2.62 bits per heavy atom. The summed E-state index contributed by atoms with van der Waals surface area (Å²) in [5, 5.41) is 10.7. The smallest absolute Gasteiger partial charge is 0.267 e. The third-order valence-electron chi connectivity index (χ3n) is 3.72. The molecule has 144 valence electrons. The van der Waals surface area contributed by atoms with Gasteiger partial charge in [-0.3, -0.25) is 14.8 Å². The first-order valence-corrected chi connectivity index (χ1v) is 9.89. The number of hydrogen-bond donors (Lipinski definition) is 3. The molecule has 1 aromatic rings. The van der Waals surface area contributed by atoms with Crippen molar-refractivity contribution in [2.45, 2.75) is 31.0 Å². The lowest BCUT2D eigenvalue weighted by Crippen LogP contribution is -2.25. The molecule has 2 amide bonds. The van der Waals surface area contributed by atoms with Gasteiger partial charge in [0, 0.05) is 23.3 Å². The average Bonchev–Trinajstić information content (AvgIpc) is 2.64. The standard InChI is InChI=1S/C18H26ClN3O3S/c1-4-22(5-2)10-11-26-16-8-6-14(7-9-17(23)21-25)12-15(16)20-18(24)13(3)19/h6-9,12-13,25H,4-5,10-11H2,1-3H3,(H,20,24)(H,21,23)/b9-7+. The molecule has 1 atom stereocenters. The lowest BCUT2D eigenvalue weighted by Gasteiger charge is -2.18. The molecule has 3 N–H and O–H groups in total. The summed E-state index contributed by atoms with van der Waals surface area (Å²) in [5.74, 6) is -0.0163. The summed E-state index contributed by atoms with van der Waals surface area (Å²) in [6.07, 6.45) is 2.76. The number of nitrogens with one attached hydrogen (secondary N) is 2. The second-order valence-electron chi connectivity index (χ2n) is 5.55. The molecule has 0 fully saturated rings. The zero-order valence-corrected chi connectivity index (χ0v) is 16.9. The molecule has 0 radical (unpaired) electrons. The average molecular weight is 400 g/mol. The number of rotatable bonds is 10. The third kappa shape index (κ3) is 7.78. The normalized spacial score (nSPS) is 12.4. The van der Waals surface area contributed by atoms with Gasteiger partial charge in [-0.05, 0) is 43.8 Å². The Morgan fingerprint density at radius 1 is 1.35 bits per heavy atom. The Bertz CT molecular complexity index is 634. The van der Waals surface area contributed by atoms with Crippen molar-refractivity contribution in [3.8, 4) is 0 Å². The minimum Gasteiger partial charge on any atom is -0.324 e. The maximum absolute atomic E-state index is 12.0. The Labute approximate surface area is 163 Å². The molecule has 0 saturated heterocycles. The van der Waals surface area contributed by atoms with Crippen LogP contribution in [-0.4, -0.2) is 52.7 Å². The van der Waals surface area contributed by atoms with Crippen LogP contribution >= 0.6 is 23.4 Å². The number of carbonyl (C=O) groups is 2. The molecule has 0 bridgehead atoms. The van der Waals surface area contributed by atoms with Gasteiger partial charge in [0.1, 0.15) is 5.38 Å². The molecule has 8 heteroatoms. The molecule has 0 aliphatic heterocycles. The largest absolute Gasteiger partial charge is 0.324 e. The van der Waals surface area contributed by atoms with E-state index in [0.717, 1.165) is 35.8 Å². The van der Waals surface area contributed by atoms with Crippen molar-refractivity contribution in [3.63, 3.8) is 0 Å². The molecule has 26 heavy (non-hydrogen) atoms. The second-order valence-corrected chi connectivity index (χ2v) is 7.34. The van der Waals surface area contributed by atoms with Crippen LogP contribution in [0.2, 0.25) is 0 Å². The van der Waals surface area contributed by atoms with Gasteiger partial charge in [-0.15, -0.1) is 23.4 Å². The second kappa shape index (κ2) is 12.0. The summed E-state index contributed by atoms with van der Waals surface area (Å²) >= 11 is 7.51. The van der Waals surface area contributed by atoms with Crippen molar-refractivity contribution in [2.75, 3.05) is 30.7 Å². The predicted molar refractivity (Wildman–Crippen MR) is 108 cm³/mol. The number of hydroxylamine groups is 1. The molecule has 1 aromatic carbocycles. The first-order chi connectivity index (χ1) is 12.4. The predicted octanol–water partition coefficient (Wildman–Crippen LogP) is 3.20. The molecule has 0 aromatic heterocycles. The molecule has 6 nitrogen and oxygen atoms in total. The van der Waals surface area contributed by atoms with E-state index in [0.29, 0.717) is 5.69 Å². The topological polar surface area (TPSA) is 81.7 Å². The van der Waals surface area contributed by atoms with E-state index in [1.807, 2.05) is 12.1 Å². The van der Waals surface area contributed by atoms with Crippen molar-refractivity contribution >= 4 is 46.9 Å². The summed E-state index contributed by atoms with van der Waals surface area (Å²) in [6, 6.07) is 5.52. The summed E-state index contributed by atoms with van der Waals surface area (Å²) < 4.78 is 0. The lowest BCUT2D eigenvalue weighted by atomic mass is 10.2. The highest BCUT2D eigenvalue weighted by Gasteiger charge is 2.13. The number of benzene rings is 1. The van der Waals surface area contributed by atoms with Crippen LogP contribution < -0.4 is 10.8 Å². The minimum absolute atomic E-state index is 0.286. The van der Waals surface area contributed by atoms with E-state index in [2.05, 4.69) is 24.1 Å². The summed E-state index contributed by atoms with van der Waals surface area (Å²) in [5.41, 5.74) is 2.91. The Morgan fingerprint density at radius 2 is 2.04 bits per heavy atom. The van der Waals surface area contributed by atoms with Gasteiger partial charge in [-0.25, -0.2) is 5.48 Å². The highest BCUT2D eigenvalue weighted by Crippen LogP contribution is 2.29. The summed E-state index contributed by atoms with van der Waals surface area (Å²) in [7, 11) is 0. The van der Waals surface area contributed by atoms with Gasteiger partial charge in [-0.2, -0.15) is 0 Å². The van der Waals surface area contributed by atoms with Gasteiger partial charge in [0.05, 0.1) is 5.69 Å². The van der Waals surface area contributed by atoms with E-state index in [1.54, 1.807) is 30.8 Å². The molecule has 0 aliphatic carbocycles. The van der Waals surface area contributed by atoms with Gasteiger partial charge < -0.3 is 10.2 Å². The number of halogens is 1. The maximum Gasteiger partial charge on any atom is 0.267 e. The fourth-order valence-electron chi connectivity index (χ4n) is 2.14. The van der Waals surface area contributed by atoms with Crippen molar-refractivity contribution in [3.05, 3.63) is 29.8 Å². The number of nitrogens with zero attached hydrogens (tertiary/aromatic N) is 1. The van der Waals surface area contributed by atoms with E-state index in [9.17, 15) is 9.59 Å². The first kappa shape index (κ1) is 22.5. The zero-order chi connectivity index (χ0) is 19.5. The molecule has 1 unspecified atom stereocenters. The van der Waals surface area contributed by atoms with E-state index in [4.69, 9.17) is 16.8 Å². The highest BCUT2D eigenvalue weighted by molar-refractivity contribution is 7.99. The Hall–Kier alpha value is -1.54. The SMILES string of the molecule is CCN(CC)CCSc1ccc(/C=C/C(=O)NO)cc1NC(=O)C(C)Cl. The maximum atomic E-state index is 12.0. The summed E-state index contributed by atoms with van der Waals surface area (Å²) in [4.78, 5) is 26.4. The number of hydrogen-bond acceptors (Lipinski definition) is 5. The number of thioether (sulfide) groups is 1. The van der Waals surface area contributed by atoms with Crippen LogP contribution in [0.3, 0.4) is 0 Å². The minimum atomic E-state index is -0.650. The van der Waals surface area contributed by atoms with Gasteiger partial charge >= 0.3 is 0 Å². The molecular weight excluding hydrogens is 374 g/mol. The molecule has 0 aliphatic rings. The van der Waals surface area contributed by atoms with E-state index in [-0.39, 0.29) is 5.91 Å². The van der Waals surface area contributed by atoms with Crippen molar-refractivity contribution in [2.24, 2.45) is 0 Å². The monoisotopic (exact) mass is 399 g/mol. The number of alkyl halides is 1. The fourth-order valence-corrected chi connectivity index (χ4v) is 3.19. The van der Waals surface area contributed by atoms with Crippen LogP contribution in [0.25, 0.3) is 6.08 Å². The van der Waals surface area contributed by atoms with E-state index in [1.165, 1.54) is 11.6 Å². The molecule has 0 spiro atoms. The van der Waals surface area contributed by atoms with Gasteiger partial charge in [0.2, 0.25) is 5.91 Å². The number of carbonyl (C=O) groups excluding carboxylic acids is 2. The van der Waals surface area contributed by atoms with Crippen LogP contribution in [0.15, 0.2) is 29.2 Å². The zero-order valence-electron chi connectivity index (χ0n) is 15.3. The van der Waals surface area contributed by atoms with Crippen LogP contribution in [-0.2, 0) is 9.59 Å². The first-order valence-electron chi connectivity index (χ1n) is 8.47. The van der Waals surface area contributed by atoms with Crippen LogP contribution in [0, 0.1) is 0 Å². The molecular formula is C18H26ClN3O3S. The third-order valence-corrected chi connectivity index (χ3v) is 4.97. The van der Waals surface area contributed by atoms with Gasteiger partial charge in [-0.1, -0.05) is 19.9 Å². The Balaban J connectivity index is 2.94. The number of amides is 2. The van der Waals surface area contributed by atoms with Crippen LogP contribution in [0.4, 0.5) is 5.69 Å². The highest BCUT2D eigenvalue weighted by atomic mass is 35.5. The van der Waals surface area contributed by atoms with Crippen molar-refractivity contribution in [1.82, 2.24) is 10.4 Å². The van der Waals surface area contributed by atoms with E-state index >= 15 is 0 Å². The van der Waals surface area contributed by atoms with Gasteiger partial charge in [0.25, 0.3) is 5.91 Å². The molecule has 1 rings (SSSR count). The van der Waals surface area contributed by atoms with Crippen LogP contribution in [0.1, 0.15) is 26.3 Å². The molecule has 0 heterocycles.